The Hall–Kier alpha value is -2.42. The zero-order valence-corrected chi connectivity index (χ0v) is 15.5. The van der Waals surface area contributed by atoms with Gasteiger partial charge in [0, 0.05) is 16.1 Å². The van der Waals surface area contributed by atoms with Gasteiger partial charge in [0.2, 0.25) is 0 Å². The highest BCUT2D eigenvalue weighted by molar-refractivity contribution is 9.10. The maximum atomic E-state index is 11.8. The van der Waals surface area contributed by atoms with E-state index in [0.717, 1.165) is 4.47 Å². The van der Waals surface area contributed by atoms with Crippen molar-refractivity contribution in [3.8, 4) is 0 Å². The molecule has 8 nitrogen and oxygen atoms in total. The topological polar surface area (TPSA) is 114 Å². The van der Waals surface area contributed by atoms with Crippen LogP contribution in [0.4, 0.5) is 4.79 Å². The van der Waals surface area contributed by atoms with Crippen LogP contribution in [0.3, 0.4) is 0 Å². The van der Waals surface area contributed by atoms with Crippen molar-refractivity contribution in [1.82, 2.24) is 16.0 Å². The van der Waals surface area contributed by atoms with Gasteiger partial charge in [-0.15, -0.1) is 0 Å². The first kappa shape index (κ1) is 20.6. The maximum Gasteiger partial charge on any atom is 0.325 e. The van der Waals surface area contributed by atoms with Crippen LogP contribution in [0.1, 0.15) is 30.6 Å². The third-order valence-corrected chi connectivity index (χ3v) is 3.64. The lowest BCUT2D eigenvalue weighted by atomic mass is 10.2. The summed E-state index contributed by atoms with van der Waals surface area (Å²) < 4.78 is 5.51. The highest BCUT2D eigenvalue weighted by Crippen LogP contribution is 2.10. The molecule has 136 valence electrons. The number of hydrogen-bond acceptors (Lipinski definition) is 5. The summed E-state index contributed by atoms with van der Waals surface area (Å²) in [6, 6.07) is 5.84. The van der Waals surface area contributed by atoms with E-state index >= 15 is 0 Å². The second kappa shape index (κ2) is 10.4. The Morgan fingerprint density at radius 3 is 2.40 bits per heavy atom. The van der Waals surface area contributed by atoms with E-state index in [1.54, 1.807) is 31.2 Å². The predicted octanol–water partition coefficient (Wildman–Crippen LogP) is 1.35. The first-order valence-electron chi connectivity index (χ1n) is 7.61. The van der Waals surface area contributed by atoms with Crippen LogP contribution in [0.15, 0.2) is 28.7 Å². The Kier molecular flexibility index (Phi) is 8.62. The molecular formula is C16H20BrN3O5. The molecule has 0 bridgehead atoms. The molecule has 25 heavy (non-hydrogen) atoms. The van der Waals surface area contributed by atoms with Gasteiger partial charge >= 0.3 is 12.0 Å². The van der Waals surface area contributed by atoms with Gasteiger partial charge in [0.1, 0.15) is 6.54 Å². The average Bonchev–Trinajstić information content (AvgIpc) is 2.58. The highest BCUT2D eigenvalue weighted by Gasteiger charge is 2.13. The number of benzene rings is 1. The number of carbonyl (C=O) groups is 4. The molecular weight excluding hydrogens is 394 g/mol. The summed E-state index contributed by atoms with van der Waals surface area (Å²) in [7, 11) is 0. The Morgan fingerprint density at radius 2 is 1.80 bits per heavy atom. The van der Waals surface area contributed by atoms with E-state index in [2.05, 4.69) is 31.3 Å². The molecule has 3 N–H and O–H groups in total. The number of urea groups is 1. The second-order valence-electron chi connectivity index (χ2n) is 5.18. The van der Waals surface area contributed by atoms with Crippen LogP contribution in [0.2, 0.25) is 0 Å². The minimum Gasteiger partial charge on any atom is -0.454 e. The number of halogens is 1. The molecule has 0 saturated carbocycles. The molecule has 1 aromatic carbocycles. The quantitative estimate of drug-likeness (QED) is 0.583. The van der Waals surface area contributed by atoms with Gasteiger partial charge in [0.05, 0.1) is 0 Å². The van der Waals surface area contributed by atoms with E-state index in [9.17, 15) is 19.2 Å². The smallest absolute Gasteiger partial charge is 0.325 e. The van der Waals surface area contributed by atoms with E-state index in [1.807, 2.05) is 12.2 Å². The standard InChI is InChI=1S/C16H20BrN3O5/c1-3-10(2)19-16(24)20-13(21)9-25-14(22)8-18-15(23)11-4-6-12(17)7-5-11/h4-7,10H,3,8-9H2,1-2H3,(H,18,23)(H2,19,20,21,24)/t10-/m1/s1. The van der Waals surface area contributed by atoms with Gasteiger partial charge in [-0.3, -0.25) is 19.7 Å². The predicted molar refractivity (Wildman–Crippen MR) is 93.9 cm³/mol. The van der Waals surface area contributed by atoms with Crippen LogP contribution in [0, 0.1) is 0 Å². The average molecular weight is 414 g/mol. The van der Waals surface area contributed by atoms with Gasteiger partial charge in [0.15, 0.2) is 6.61 Å². The Balaban J connectivity index is 2.28. The van der Waals surface area contributed by atoms with Crippen LogP contribution in [0.5, 0.6) is 0 Å². The van der Waals surface area contributed by atoms with Gasteiger partial charge in [0.25, 0.3) is 11.8 Å². The minimum absolute atomic E-state index is 0.0795. The summed E-state index contributed by atoms with van der Waals surface area (Å²) in [6.07, 6.45) is 0.717. The third-order valence-electron chi connectivity index (χ3n) is 3.11. The van der Waals surface area contributed by atoms with Crippen molar-refractivity contribution in [2.24, 2.45) is 0 Å². The molecule has 0 heterocycles. The zero-order chi connectivity index (χ0) is 18.8. The number of imide groups is 1. The van der Waals surface area contributed by atoms with Crippen molar-refractivity contribution >= 4 is 39.7 Å². The largest absolute Gasteiger partial charge is 0.454 e. The lowest BCUT2D eigenvalue weighted by Crippen LogP contribution is -2.45. The maximum absolute atomic E-state index is 11.8. The third kappa shape index (κ3) is 8.30. The van der Waals surface area contributed by atoms with Crippen molar-refractivity contribution in [3.63, 3.8) is 0 Å². The molecule has 0 radical (unpaired) electrons. The SMILES string of the molecule is CC[C@@H](C)NC(=O)NC(=O)COC(=O)CNC(=O)c1ccc(Br)cc1. The van der Waals surface area contributed by atoms with Crippen molar-refractivity contribution in [2.75, 3.05) is 13.2 Å². The molecule has 0 unspecified atom stereocenters. The molecule has 1 aromatic rings. The molecule has 0 aliphatic carbocycles. The van der Waals surface area contributed by atoms with Crippen LogP contribution in [-0.4, -0.2) is 43.0 Å². The van der Waals surface area contributed by atoms with E-state index in [4.69, 9.17) is 0 Å². The molecule has 0 saturated heterocycles. The number of amides is 4. The van der Waals surface area contributed by atoms with Crippen molar-refractivity contribution in [1.29, 1.82) is 0 Å². The summed E-state index contributed by atoms with van der Waals surface area (Å²) in [5.74, 6) is -1.99. The number of rotatable bonds is 7. The Morgan fingerprint density at radius 1 is 1.16 bits per heavy atom. The van der Waals surface area contributed by atoms with E-state index in [1.165, 1.54) is 0 Å². The summed E-state index contributed by atoms with van der Waals surface area (Å²) in [5.41, 5.74) is 0.385. The van der Waals surface area contributed by atoms with Crippen LogP contribution < -0.4 is 16.0 Å². The molecule has 0 fully saturated rings. The fraction of sp³-hybridized carbons (Fsp3) is 0.375. The normalized spacial score (nSPS) is 11.2. The molecule has 0 aliphatic rings. The van der Waals surface area contributed by atoms with Gasteiger partial charge in [-0.1, -0.05) is 22.9 Å². The van der Waals surface area contributed by atoms with Crippen LogP contribution in [0.25, 0.3) is 0 Å². The van der Waals surface area contributed by atoms with E-state index in [-0.39, 0.29) is 12.6 Å². The first-order valence-corrected chi connectivity index (χ1v) is 8.40. The molecule has 4 amide bonds. The number of carbonyl (C=O) groups excluding carboxylic acids is 4. The van der Waals surface area contributed by atoms with Gasteiger partial charge < -0.3 is 15.4 Å². The van der Waals surface area contributed by atoms with Crippen molar-refractivity contribution < 1.29 is 23.9 Å². The first-order chi connectivity index (χ1) is 11.8. The highest BCUT2D eigenvalue weighted by atomic mass is 79.9. The molecule has 0 spiro atoms. The van der Waals surface area contributed by atoms with Gasteiger partial charge in [-0.2, -0.15) is 0 Å². The number of nitrogens with one attached hydrogen (secondary N) is 3. The fourth-order valence-corrected chi connectivity index (χ4v) is 1.84. The number of ether oxygens (including phenoxy) is 1. The van der Waals surface area contributed by atoms with Crippen molar-refractivity contribution in [3.05, 3.63) is 34.3 Å². The summed E-state index contributed by atoms with van der Waals surface area (Å²) >= 11 is 3.25. The molecule has 9 heteroatoms. The second-order valence-corrected chi connectivity index (χ2v) is 6.10. The summed E-state index contributed by atoms with van der Waals surface area (Å²) in [4.78, 5) is 46.2. The summed E-state index contributed by atoms with van der Waals surface area (Å²) in [6.45, 7) is 2.68. The molecule has 1 rings (SSSR count). The summed E-state index contributed by atoms with van der Waals surface area (Å²) in [5, 5.41) is 6.95. The fourth-order valence-electron chi connectivity index (χ4n) is 1.58. The zero-order valence-electron chi connectivity index (χ0n) is 13.9. The van der Waals surface area contributed by atoms with Gasteiger partial charge in [-0.05, 0) is 37.6 Å². The number of hydrogen-bond donors (Lipinski definition) is 3. The number of esters is 1. The van der Waals surface area contributed by atoms with Crippen LogP contribution in [-0.2, 0) is 14.3 Å². The monoisotopic (exact) mass is 413 g/mol. The van der Waals surface area contributed by atoms with E-state index < -0.39 is 30.4 Å². The Labute approximate surface area is 153 Å². The Bertz CT molecular complexity index is 633. The lowest BCUT2D eigenvalue weighted by molar-refractivity contribution is -0.147. The molecule has 1 atom stereocenters. The van der Waals surface area contributed by atoms with E-state index in [0.29, 0.717) is 12.0 Å². The van der Waals surface area contributed by atoms with Crippen LogP contribution >= 0.6 is 15.9 Å². The van der Waals surface area contributed by atoms with Crippen molar-refractivity contribution in [2.45, 2.75) is 26.3 Å². The molecule has 0 aromatic heterocycles. The molecule has 0 aliphatic heterocycles. The minimum atomic E-state index is -0.789. The van der Waals surface area contributed by atoms with Gasteiger partial charge in [-0.25, -0.2) is 4.79 Å². The lowest BCUT2D eigenvalue weighted by Gasteiger charge is -2.11.